The number of hydrogen-bond donors (Lipinski definition) is 0. The molecule has 0 fully saturated rings. The number of rotatable bonds is 10. The standard InChI is InChI=1S/C97H81BN2/c1-94(2,3)71-53-50-64(51-54-71)69-52-57-86-85(58-69)98-84-56-55-74(95(4,5)6)63-87(84)100(93-81(67-36-20-12-21-37-67)61-75(96(7,8)9)62-82(93)68-38-22-13-23-39-68)89-60-70(59-88(91(89)98)99(86)92-77(65-32-16-10-17-33-65)46-31-47-78(92)66-34-18-11-19-35-66)76-45-30-48-80-79-44-28-29-49-83(79)97(90(76)80,72-40-24-14-25-41-72)73-42-26-15-27-43-73/h10-63H,1-9H3. The molecule has 0 saturated heterocycles. The Kier molecular flexibility index (Phi) is 15.0. The van der Waals surface area contributed by atoms with Gasteiger partial charge in [0.05, 0.1) is 16.8 Å². The van der Waals surface area contributed by atoms with Crippen molar-refractivity contribution in [3.05, 3.63) is 367 Å². The summed E-state index contributed by atoms with van der Waals surface area (Å²) >= 11 is 0. The molecule has 3 heteroatoms. The first-order chi connectivity index (χ1) is 48.5. The normalized spacial score (nSPS) is 13.5. The first kappa shape index (κ1) is 62.3. The maximum absolute atomic E-state index is 2.75. The molecule has 2 heterocycles. The van der Waals surface area contributed by atoms with Gasteiger partial charge in [0.2, 0.25) is 0 Å². The van der Waals surface area contributed by atoms with E-state index in [-0.39, 0.29) is 23.0 Å². The van der Waals surface area contributed by atoms with E-state index >= 15 is 0 Å². The molecule has 0 amide bonds. The van der Waals surface area contributed by atoms with Crippen molar-refractivity contribution in [2.75, 3.05) is 9.80 Å². The van der Waals surface area contributed by atoms with E-state index in [1.54, 1.807) is 0 Å². The van der Waals surface area contributed by atoms with Gasteiger partial charge in [-0.15, -0.1) is 0 Å². The van der Waals surface area contributed by atoms with Crippen molar-refractivity contribution >= 4 is 57.2 Å². The zero-order chi connectivity index (χ0) is 68.2. The predicted octanol–water partition coefficient (Wildman–Crippen LogP) is 24.0. The molecule has 0 aromatic heterocycles. The van der Waals surface area contributed by atoms with Crippen LogP contribution in [0, 0.1) is 0 Å². The summed E-state index contributed by atoms with van der Waals surface area (Å²) in [6.45, 7) is 20.9. The van der Waals surface area contributed by atoms with Crippen LogP contribution in [0.1, 0.15) is 101 Å². The highest BCUT2D eigenvalue weighted by molar-refractivity contribution is 7.00. The fourth-order valence-electron chi connectivity index (χ4n) is 16.7. The van der Waals surface area contributed by atoms with Crippen LogP contribution in [-0.4, -0.2) is 6.71 Å². The summed E-state index contributed by atoms with van der Waals surface area (Å²) < 4.78 is 0. The maximum atomic E-state index is 2.75. The van der Waals surface area contributed by atoms with Crippen LogP contribution in [-0.2, 0) is 21.7 Å². The van der Waals surface area contributed by atoms with Crippen molar-refractivity contribution in [1.82, 2.24) is 0 Å². The molecular weight excluding hydrogens is 1200 g/mol. The first-order valence-electron chi connectivity index (χ1n) is 35.6. The summed E-state index contributed by atoms with van der Waals surface area (Å²) in [6.07, 6.45) is 0. The Labute approximate surface area is 591 Å². The Bertz CT molecular complexity index is 5290. The lowest BCUT2D eigenvalue weighted by Gasteiger charge is -2.46. The first-order valence-corrected chi connectivity index (χ1v) is 35.6. The Morgan fingerprint density at radius 2 is 0.660 bits per heavy atom. The Morgan fingerprint density at radius 1 is 0.250 bits per heavy atom. The van der Waals surface area contributed by atoms with E-state index in [2.05, 4.69) is 400 Å². The summed E-state index contributed by atoms with van der Waals surface area (Å²) in [5, 5.41) is 0. The van der Waals surface area contributed by atoms with Gasteiger partial charge in [0.25, 0.3) is 6.71 Å². The summed E-state index contributed by atoms with van der Waals surface area (Å²) in [4.78, 5) is 5.45. The molecule has 2 aliphatic heterocycles. The van der Waals surface area contributed by atoms with Gasteiger partial charge in [-0.3, -0.25) is 0 Å². The van der Waals surface area contributed by atoms with Crippen molar-refractivity contribution in [1.29, 1.82) is 0 Å². The van der Waals surface area contributed by atoms with Crippen LogP contribution in [0.25, 0.3) is 77.9 Å². The van der Waals surface area contributed by atoms with Gasteiger partial charge in [-0.05, 0) is 164 Å². The third-order valence-electron chi connectivity index (χ3n) is 21.6. The fraction of sp³-hybridized carbons (Fsp3) is 0.134. The molecule has 14 aromatic rings. The highest BCUT2D eigenvalue weighted by Crippen LogP contribution is 2.61. The lowest BCUT2D eigenvalue weighted by molar-refractivity contribution is 0.590. The molecule has 3 aliphatic rings. The summed E-state index contributed by atoms with van der Waals surface area (Å²) in [5.74, 6) is 0. The second kappa shape index (κ2) is 24.0. The molecule has 100 heavy (non-hydrogen) atoms. The van der Waals surface area contributed by atoms with E-state index in [1.165, 1.54) is 100.0 Å². The summed E-state index contributed by atoms with van der Waals surface area (Å²) in [7, 11) is 0. The molecule has 0 saturated carbocycles. The van der Waals surface area contributed by atoms with Crippen LogP contribution < -0.4 is 26.2 Å². The molecule has 0 atom stereocenters. The molecule has 0 spiro atoms. The molecular formula is C97H81BN2. The Morgan fingerprint density at radius 3 is 1.17 bits per heavy atom. The molecule has 0 unspecified atom stereocenters. The van der Waals surface area contributed by atoms with Crippen LogP contribution >= 0.6 is 0 Å². The second-order valence-electron chi connectivity index (χ2n) is 30.7. The van der Waals surface area contributed by atoms with Crippen molar-refractivity contribution in [2.24, 2.45) is 0 Å². The number of benzene rings is 14. The fourth-order valence-corrected chi connectivity index (χ4v) is 16.7. The Hall–Kier alpha value is -11.3. The Balaban J connectivity index is 1.09. The molecule has 0 N–H and O–H groups in total. The highest BCUT2D eigenvalue weighted by Gasteiger charge is 2.50. The van der Waals surface area contributed by atoms with Crippen LogP contribution in [0.15, 0.2) is 328 Å². The number of nitrogens with zero attached hydrogens (tertiary/aromatic N) is 2. The third-order valence-corrected chi connectivity index (χ3v) is 21.6. The van der Waals surface area contributed by atoms with Crippen molar-refractivity contribution in [3.8, 4) is 77.9 Å². The minimum Gasteiger partial charge on any atom is -0.310 e. The van der Waals surface area contributed by atoms with Gasteiger partial charge in [0.1, 0.15) is 0 Å². The van der Waals surface area contributed by atoms with Gasteiger partial charge < -0.3 is 9.80 Å². The quantitative estimate of drug-likeness (QED) is 0.126. The van der Waals surface area contributed by atoms with Crippen LogP contribution in [0.5, 0.6) is 0 Å². The largest absolute Gasteiger partial charge is 0.310 e. The molecule has 0 bridgehead atoms. The molecule has 14 aromatic carbocycles. The van der Waals surface area contributed by atoms with Gasteiger partial charge >= 0.3 is 0 Å². The van der Waals surface area contributed by atoms with E-state index in [9.17, 15) is 0 Å². The topological polar surface area (TPSA) is 6.48 Å². The van der Waals surface area contributed by atoms with E-state index in [0.717, 1.165) is 67.4 Å². The van der Waals surface area contributed by atoms with Crippen molar-refractivity contribution < 1.29 is 0 Å². The predicted molar refractivity (Wildman–Crippen MR) is 426 cm³/mol. The summed E-state index contributed by atoms with van der Waals surface area (Å²) in [5.41, 5.74) is 34.8. The summed E-state index contributed by atoms with van der Waals surface area (Å²) in [6, 6.07) is 125. The van der Waals surface area contributed by atoms with Crippen molar-refractivity contribution in [2.45, 2.75) is 84.0 Å². The number of para-hydroxylation sites is 1. The average molecular weight is 1290 g/mol. The van der Waals surface area contributed by atoms with Crippen LogP contribution in [0.3, 0.4) is 0 Å². The number of anilines is 6. The average Bonchev–Trinajstić information content (AvgIpc) is 1.07. The zero-order valence-electron chi connectivity index (χ0n) is 58.6. The SMILES string of the molecule is CC(C)(C)c1ccc(-c2ccc3c(c2)B2c4ccc(C(C)(C)C)cc4N(c4c(-c5ccccc5)cc(C(C)(C)C)cc4-c4ccccc4)c4cc(-c5cccc6c5C(c5ccccc5)(c5ccccc5)c5ccccc5-6)cc(c42)N3c2c(-c3ccccc3)cccc2-c2ccccc2)cc1. The van der Waals surface area contributed by atoms with Crippen LogP contribution in [0.4, 0.5) is 34.1 Å². The second-order valence-corrected chi connectivity index (χ2v) is 30.7. The van der Waals surface area contributed by atoms with Gasteiger partial charge in [0.15, 0.2) is 0 Å². The van der Waals surface area contributed by atoms with Gasteiger partial charge in [-0.1, -0.05) is 353 Å². The van der Waals surface area contributed by atoms with Crippen molar-refractivity contribution in [3.63, 3.8) is 0 Å². The lowest BCUT2D eigenvalue weighted by Crippen LogP contribution is -2.61. The van der Waals surface area contributed by atoms with E-state index in [0.29, 0.717) is 0 Å². The van der Waals surface area contributed by atoms with E-state index < -0.39 is 5.41 Å². The van der Waals surface area contributed by atoms with E-state index in [4.69, 9.17) is 0 Å². The minimum absolute atomic E-state index is 0.00224. The van der Waals surface area contributed by atoms with Crippen LogP contribution in [0.2, 0.25) is 0 Å². The van der Waals surface area contributed by atoms with Gasteiger partial charge in [0, 0.05) is 45.0 Å². The molecule has 482 valence electrons. The lowest BCUT2D eigenvalue weighted by atomic mass is 9.33. The van der Waals surface area contributed by atoms with Gasteiger partial charge in [-0.2, -0.15) is 0 Å². The maximum Gasteiger partial charge on any atom is 0.252 e. The smallest absolute Gasteiger partial charge is 0.252 e. The van der Waals surface area contributed by atoms with E-state index in [1.807, 2.05) is 0 Å². The number of hydrogen-bond acceptors (Lipinski definition) is 2. The monoisotopic (exact) mass is 1280 g/mol. The minimum atomic E-state index is -0.702. The zero-order valence-corrected chi connectivity index (χ0v) is 58.6. The van der Waals surface area contributed by atoms with Gasteiger partial charge in [-0.25, -0.2) is 0 Å². The molecule has 2 nitrogen and oxygen atoms in total. The highest BCUT2D eigenvalue weighted by atomic mass is 15.2. The third kappa shape index (κ3) is 10.2. The molecule has 1 aliphatic carbocycles. The molecule has 17 rings (SSSR count). The number of fused-ring (bicyclic) bond motifs is 7. The molecule has 0 radical (unpaired) electrons.